The lowest BCUT2D eigenvalue weighted by molar-refractivity contribution is -0.122. The Morgan fingerprint density at radius 1 is 1.12 bits per heavy atom. The van der Waals surface area contributed by atoms with Crippen molar-refractivity contribution in [3.8, 4) is 0 Å². The van der Waals surface area contributed by atoms with E-state index in [4.69, 9.17) is 5.73 Å². The lowest BCUT2D eigenvalue weighted by Gasteiger charge is -2.25. The number of para-hydroxylation sites is 1. The fraction of sp³-hybridized carbons (Fsp3) is 0.381. The van der Waals surface area contributed by atoms with Gasteiger partial charge >= 0.3 is 0 Å². The van der Waals surface area contributed by atoms with E-state index >= 15 is 0 Å². The van der Waals surface area contributed by atoms with E-state index < -0.39 is 0 Å². The number of hydrogen-bond donors (Lipinski definition) is 2. The summed E-state index contributed by atoms with van der Waals surface area (Å²) in [7, 11) is 0. The molecule has 1 aliphatic rings. The first-order valence-electron chi connectivity index (χ1n) is 9.02. The summed E-state index contributed by atoms with van der Waals surface area (Å²) in [5, 5.41) is 3.09. The van der Waals surface area contributed by atoms with Gasteiger partial charge in [-0.3, -0.25) is 4.79 Å². The Balaban J connectivity index is 0.00000243. The highest BCUT2D eigenvalue weighted by Gasteiger charge is 2.29. The first-order chi connectivity index (χ1) is 12.1. The van der Waals surface area contributed by atoms with Crippen LogP contribution in [0.5, 0.6) is 0 Å². The topological polar surface area (TPSA) is 55.1 Å². The second-order valence-corrected chi connectivity index (χ2v) is 6.81. The molecule has 3 N–H and O–H groups in total. The summed E-state index contributed by atoms with van der Waals surface area (Å²) in [5.41, 5.74) is 8.21. The van der Waals surface area contributed by atoms with Gasteiger partial charge in [0.1, 0.15) is 5.82 Å². The van der Waals surface area contributed by atoms with Gasteiger partial charge in [0.15, 0.2) is 0 Å². The lowest BCUT2D eigenvalue weighted by atomic mass is 9.91. The molecule has 1 fully saturated rings. The standard InChI is InChI=1S/C21H25FN2O.ClH/c22-18-11-5-4-10-17(18)21(16-8-1-2-9-16)24-20(25)14-13-15-7-3-6-12-19(15)23;/h3-7,10-12,16,21H,1-2,8-9,13-14,23H2,(H,24,25);1H. The van der Waals surface area contributed by atoms with Crippen molar-refractivity contribution in [2.24, 2.45) is 5.92 Å². The molecule has 1 unspecified atom stereocenters. The van der Waals surface area contributed by atoms with E-state index in [1.807, 2.05) is 30.3 Å². The van der Waals surface area contributed by atoms with Gasteiger partial charge in [-0.25, -0.2) is 4.39 Å². The summed E-state index contributed by atoms with van der Waals surface area (Å²) in [4.78, 5) is 12.5. The van der Waals surface area contributed by atoms with E-state index in [9.17, 15) is 9.18 Å². The second-order valence-electron chi connectivity index (χ2n) is 6.81. The molecule has 0 aromatic heterocycles. The minimum absolute atomic E-state index is 0. The fourth-order valence-electron chi connectivity index (χ4n) is 3.72. The maximum absolute atomic E-state index is 14.3. The molecule has 2 aromatic rings. The van der Waals surface area contributed by atoms with Crippen LogP contribution in [-0.4, -0.2) is 5.91 Å². The number of halogens is 2. The third kappa shape index (κ3) is 4.98. The number of anilines is 1. The van der Waals surface area contributed by atoms with Gasteiger partial charge in [0.25, 0.3) is 0 Å². The van der Waals surface area contributed by atoms with Gasteiger partial charge in [0, 0.05) is 17.7 Å². The van der Waals surface area contributed by atoms with Crippen molar-refractivity contribution in [3.63, 3.8) is 0 Å². The number of hydrogen-bond acceptors (Lipinski definition) is 2. The number of nitrogen functional groups attached to an aromatic ring is 1. The Kier molecular flexibility index (Phi) is 7.46. The van der Waals surface area contributed by atoms with Crippen LogP contribution in [0.15, 0.2) is 48.5 Å². The van der Waals surface area contributed by atoms with Crippen LogP contribution >= 0.6 is 12.4 Å². The molecule has 26 heavy (non-hydrogen) atoms. The number of rotatable bonds is 6. The summed E-state index contributed by atoms with van der Waals surface area (Å²) in [6.07, 6.45) is 5.30. The molecule has 3 nitrogen and oxygen atoms in total. The Labute approximate surface area is 160 Å². The zero-order valence-corrected chi connectivity index (χ0v) is 15.6. The van der Waals surface area contributed by atoms with E-state index in [-0.39, 0.29) is 30.2 Å². The maximum atomic E-state index is 14.3. The summed E-state index contributed by atoms with van der Waals surface area (Å²) < 4.78 is 14.3. The Morgan fingerprint density at radius 3 is 2.46 bits per heavy atom. The summed E-state index contributed by atoms with van der Waals surface area (Å²) in [6.45, 7) is 0. The van der Waals surface area contributed by atoms with Gasteiger partial charge in [-0.05, 0) is 42.9 Å². The van der Waals surface area contributed by atoms with E-state index in [0.717, 1.165) is 31.2 Å². The average molecular weight is 377 g/mol. The molecule has 0 spiro atoms. The molecule has 0 radical (unpaired) electrons. The number of carbonyl (C=O) groups excluding carboxylic acids is 1. The Bertz CT molecular complexity index is 731. The molecule has 1 saturated carbocycles. The molecule has 5 heteroatoms. The van der Waals surface area contributed by atoms with Crippen LogP contribution in [0.2, 0.25) is 0 Å². The highest BCUT2D eigenvalue weighted by atomic mass is 35.5. The van der Waals surface area contributed by atoms with Crippen LogP contribution in [-0.2, 0) is 11.2 Å². The maximum Gasteiger partial charge on any atom is 0.220 e. The molecule has 3 rings (SSSR count). The number of nitrogens with two attached hydrogens (primary N) is 1. The third-order valence-electron chi connectivity index (χ3n) is 5.10. The van der Waals surface area contributed by atoms with Gasteiger partial charge in [-0.2, -0.15) is 0 Å². The predicted molar refractivity (Wildman–Crippen MR) is 106 cm³/mol. The number of amides is 1. The predicted octanol–water partition coefficient (Wildman–Crippen LogP) is 4.81. The SMILES string of the molecule is Cl.Nc1ccccc1CCC(=O)NC(c1ccccc1F)C1CCCC1. The fourth-order valence-corrected chi connectivity index (χ4v) is 3.72. The van der Waals surface area contributed by atoms with Crippen LogP contribution in [0.25, 0.3) is 0 Å². The molecular formula is C21H26ClFN2O. The first-order valence-corrected chi connectivity index (χ1v) is 9.02. The van der Waals surface area contributed by atoms with Crippen molar-refractivity contribution >= 4 is 24.0 Å². The first kappa shape index (κ1) is 20.2. The van der Waals surface area contributed by atoms with Crippen molar-refractivity contribution in [2.45, 2.75) is 44.6 Å². The van der Waals surface area contributed by atoms with E-state index in [2.05, 4.69) is 5.32 Å². The van der Waals surface area contributed by atoms with Gasteiger partial charge < -0.3 is 11.1 Å². The van der Waals surface area contributed by atoms with Crippen molar-refractivity contribution in [1.29, 1.82) is 0 Å². The minimum atomic E-state index is -0.246. The van der Waals surface area contributed by atoms with Crippen LogP contribution < -0.4 is 11.1 Å². The molecule has 0 heterocycles. The zero-order valence-electron chi connectivity index (χ0n) is 14.8. The molecule has 0 saturated heterocycles. The number of nitrogens with one attached hydrogen (secondary N) is 1. The summed E-state index contributed by atoms with van der Waals surface area (Å²) in [6, 6.07) is 14.1. The molecule has 0 aliphatic heterocycles. The molecule has 1 atom stereocenters. The van der Waals surface area contributed by atoms with Crippen LogP contribution in [0.3, 0.4) is 0 Å². The van der Waals surface area contributed by atoms with Gasteiger partial charge in [0.05, 0.1) is 6.04 Å². The van der Waals surface area contributed by atoms with Crippen LogP contribution in [0, 0.1) is 11.7 Å². The smallest absolute Gasteiger partial charge is 0.220 e. The molecule has 1 amide bonds. The van der Waals surface area contributed by atoms with Crippen molar-refractivity contribution in [3.05, 3.63) is 65.5 Å². The monoisotopic (exact) mass is 376 g/mol. The summed E-state index contributed by atoms with van der Waals surface area (Å²) in [5.74, 6) is 0.0121. The average Bonchev–Trinajstić information content (AvgIpc) is 3.14. The van der Waals surface area contributed by atoms with Crippen LogP contribution in [0.1, 0.15) is 49.3 Å². The normalized spacial score (nSPS) is 15.3. The lowest BCUT2D eigenvalue weighted by Crippen LogP contribution is -2.33. The quantitative estimate of drug-likeness (QED) is 0.711. The number of carbonyl (C=O) groups is 1. The van der Waals surface area contributed by atoms with Gasteiger partial charge in [-0.15, -0.1) is 12.4 Å². The Hall–Kier alpha value is -2.07. The van der Waals surface area contributed by atoms with E-state index in [0.29, 0.717) is 30.0 Å². The largest absolute Gasteiger partial charge is 0.399 e. The highest BCUT2D eigenvalue weighted by Crippen LogP contribution is 2.36. The molecule has 140 valence electrons. The van der Waals surface area contributed by atoms with Crippen LogP contribution in [0.4, 0.5) is 10.1 Å². The molecule has 0 bridgehead atoms. The van der Waals surface area contributed by atoms with E-state index in [1.54, 1.807) is 12.1 Å². The third-order valence-corrected chi connectivity index (χ3v) is 5.10. The van der Waals surface area contributed by atoms with Gasteiger partial charge in [0.2, 0.25) is 5.91 Å². The van der Waals surface area contributed by atoms with E-state index in [1.165, 1.54) is 6.07 Å². The number of aryl methyl sites for hydroxylation is 1. The second kappa shape index (κ2) is 9.58. The molecule has 1 aliphatic carbocycles. The number of benzene rings is 2. The Morgan fingerprint density at radius 2 is 1.77 bits per heavy atom. The van der Waals surface area contributed by atoms with Crippen molar-refractivity contribution in [1.82, 2.24) is 5.32 Å². The minimum Gasteiger partial charge on any atom is -0.399 e. The van der Waals surface area contributed by atoms with Crippen molar-refractivity contribution < 1.29 is 9.18 Å². The highest BCUT2D eigenvalue weighted by molar-refractivity contribution is 5.85. The van der Waals surface area contributed by atoms with Gasteiger partial charge in [-0.1, -0.05) is 49.2 Å². The van der Waals surface area contributed by atoms with Crippen molar-refractivity contribution in [2.75, 3.05) is 5.73 Å². The molecule has 2 aromatic carbocycles. The summed E-state index contributed by atoms with van der Waals surface area (Å²) >= 11 is 0. The zero-order chi connectivity index (χ0) is 17.6. The molecular weight excluding hydrogens is 351 g/mol.